The number of aromatic nitrogens is 6. The number of carbonyl (C=O) groups excluding carboxylic acids is 1. The molecule has 0 bridgehead atoms. The number of anilines is 1. The number of rotatable bonds is 8. The fourth-order valence-corrected chi connectivity index (χ4v) is 3.72. The van der Waals surface area contributed by atoms with Gasteiger partial charge < -0.3 is 15.0 Å². The van der Waals surface area contributed by atoms with E-state index >= 15 is 0 Å². The first kappa shape index (κ1) is 22.8. The van der Waals surface area contributed by atoms with Gasteiger partial charge in [0, 0.05) is 23.2 Å². The fraction of sp³-hybridized carbons (Fsp3) is 0.227. The molecule has 11 heteroatoms. The highest BCUT2D eigenvalue weighted by Gasteiger charge is 2.12. The van der Waals surface area contributed by atoms with Crippen molar-refractivity contribution < 1.29 is 9.53 Å². The summed E-state index contributed by atoms with van der Waals surface area (Å²) in [5, 5.41) is 5.57. The molecule has 0 radical (unpaired) electrons. The van der Waals surface area contributed by atoms with Gasteiger partial charge in [-0.25, -0.2) is 24.4 Å². The first-order valence-electron chi connectivity index (χ1n) is 10.2. The molecular weight excluding hydrogens is 465 g/mol. The number of ether oxygens (including phenoxy) is 1. The van der Waals surface area contributed by atoms with Crippen LogP contribution in [0.3, 0.4) is 0 Å². The summed E-state index contributed by atoms with van der Waals surface area (Å²) in [6.07, 6.45) is 6.60. The van der Waals surface area contributed by atoms with Crippen molar-refractivity contribution >= 4 is 52.2 Å². The molecule has 0 saturated heterocycles. The fourth-order valence-electron chi connectivity index (χ4n) is 3.29. The van der Waals surface area contributed by atoms with Gasteiger partial charge in [0.25, 0.3) is 0 Å². The molecule has 33 heavy (non-hydrogen) atoms. The Balaban J connectivity index is 1.30. The molecule has 0 amide bonds. The van der Waals surface area contributed by atoms with Crippen molar-refractivity contribution in [2.45, 2.75) is 26.4 Å². The van der Waals surface area contributed by atoms with Gasteiger partial charge in [-0.15, -0.1) is 0 Å². The third-order valence-corrected chi connectivity index (χ3v) is 5.61. The quantitative estimate of drug-likeness (QED) is 0.228. The molecule has 4 rings (SSSR count). The zero-order valence-electron chi connectivity index (χ0n) is 17.8. The van der Waals surface area contributed by atoms with Crippen molar-refractivity contribution in [1.29, 1.82) is 0 Å². The summed E-state index contributed by atoms with van der Waals surface area (Å²) in [5.74, 6) is -0.126. The van der Waals surface area contributed by atoms with Crippen LogP contribution in [0.5, 0.6) is 0 Å². The second-order valence-electron chi connectivity index (χ2n) is 7.30. The van der Waals surface area contributed by atoms with E-state index in [-0.39, 0.29) is 6.61 Å². The maximum atomic E-state index is 12.1. The van der Waals surface area contributed by atoms with Crippen LogP contribution < -0.4 is 5.73 Å². The van der Waals surface area contributed by atoms with E-state index in [0.29, 0.717) is 57.9 Å². The van der Waals surface area contributed by atoms with Gasteiger partial charge in [-0.1, -0.05) is 35.3 Å². The van der Waals surface area contributed by atoms with E-state index in [1.165, 1.54) is 12.4 Å². The lowest BCUT2D eigenvalue weighted by molar-refractivity contribution is -0.137. The third kappa shape index (κ3) is 5.32. The van der Waals surface area contributed by atoms with Gasteiger partial charge in [0.1, 0.15) is 17.0 Å². The number of nitrogens with zero attached hydrogens (tertiary/aromatic N) is 6. The van der Waals surface area contributed by atoms with Gasteiger partial charge >= 0.3 is 5.97 Å². The molecule has 0 aliphatic carbocycles. The maximum absolute atomic E-state index is 12.1. The Labute approximate surface area is 199 Å². The van der Waals surface area contributed by atoms with Crippen LogP contribution in [0.4, 0.5) is 5.82 Å². The molecule has 0 spiro atoms. The average molecular weight is 486 g/mol. The number of benzene rings is 1. The molecule has 170 valence electrons. The number of nitrogen functional groups attached to an aromatic ring is 1. The summed E-state index contributed by atoms with van der Waals surface area (Å²) in [6, 6.07) is 7.46. The SMILES string of the molecule is Cc1nn(Cc2ccc(Cl)cc2)c(Cl)c1/C=C/C(=O)OCCCn1cnc2c(N)ncnc21. The number of hydrogen-bond acceptors (Lipinski definition) is 7. The van der Waals surface area contributed by atoms with E-state index in [1.807, 2.05) is 35.8 Å². The van der Waals surface area contributed by atoms with Crippen molar-refractivity contribution in [2.24, 2.45) is 0 Å². The largest absolute Gasteiger partial charge is 0.462 e. The molecule has 0 fully saturated rings. The summed E-state index contributed by atoms with van der Waals surface area (Å²) in [4.78, 5) is 24.5. The van der Waals surface area contributed by atoms with Gasteiger partial charge in [0.05, 0.1) is 25.2 Å². The van der Waals surface area contributed by atoms with E-state index in [0.717, 1.165) is 5.56 Å². The van der Waals surface area contributed by atoms with Gasteiger partial charge in [0.2, 0.25) is 0 Å². The average Bonchev–Trinajstić information content (AvgIpc) is 3.33. The Kier molecular flexibility index (Phi) is 6.90. The maximum Gasteiger partial charge on any atom is 0.330 e. The summed E-state index contributed by atoms with van der Waals surface area (Å²) in [5.41, 5.74) is 9.39. The minimum Gasteiger partial charge on any atom is -0.462 e. The first-order valence-corrected chi connectivity index (χ1v) is 10.9. The second-order valence-corrected chi connectivity index (χ2v) is 8.09. The summed E-state index contributed by atoms with van der Waals surface area (Å²) in [7, 11) is 0. The summed E-state index contributed by atoms with van der Waals surface area (Å²) in [6.45, 7) is 3.15. The van der Waals surface area contributed by atoms with Crippen LogP contribution in [0, 0.1) is 6.92 Å². The Bertz CT molecular complexity index is 1310. The minimum atomic E-state index is -0.460. The molecule has 0 atom stereocenters. The first-order chi connectivity index (χ1) is 15.9. The molecule has 3 heterocycles. The van der Waals surface area contributed by atoms with Gasteiger partial charge in [-0.2, -0.15) is 5.10 Å². The third-order valence-electron chi connectivity index (χ3n) is 4.96. The molecule has 0 saturated carbocycles. The smallest absolute Gasteiger partial charge is 0.330 e. The molecular formula is C22H21Cl2N7O2. The number of hydrogen-bond donors (Lipinski definition) is 1. The molecule has 0 aliphatic rings. The molecule has 0 aliphatic heterocycles. The lowest BCUT2D eigenvalue weighted by Crippen LogP contribution is -2.06. The lowest BCUT2D eigenvalue weighted by atomic mass is 10.2. The van der Waals surface area contributed by atoms with E-state index in [2.05, 4.69) is 20.1 Å². The number of imidazole rings is 1. The molecule has 0 unspecified atom stereocenters. The normalized spacial score (nSPS) is 11.5. The van der Waals surface area contributed by atoms with Gasteiger partial charge in [0.15, 0.2) is 11.5 Å². The molecule has 4 aromatic rings. The van der Waals surface area contributed by atoms with E-state index in [1.54, 1.807) is 17.1 Å². The summed E-state index contributed by atoms with van der Waals surface area (Å²) < 4.78 is 8.81. The van der Waals surface area contributed by atoms with Crippen molar-refractivity contribution in [1.82, 2.24) is 29.3 Å². The molecule has 2 N–H and O–H groups in total. The number of carbonyl (C=O) groups is 1. The van der Waals surface area contributed by atoms with E-state index in [9.17, 15) is 4.79 Å². The number of esters is 1. The van der Waals surface area contributed by atoms with E-state index in [4.69, 9.17) is 33.7 Å². The van der Waals surface area contributed by atoms with Crippen LogP contribution in [0.1, 0.15) is 23.2 Å². The predicted octanol–water partition coefficient (Wildman–Crippen LogP) is 3.92. The zero-order valence-corrected chi connectivity index (χ0v) is 19.3. The topological polar surface area (TPSA) is 114 Å². The molecule has 3 aromatic heterocycles. The Morgan fingerprint density at radius 3 is 2.76 bits per heavy atom. The minimum absolute atomic E-state index is 0.242. The highest BCUT2D eigenvalue weighted by atomic mass is 35.5. The van der Waals surface area contributed by atoms with Crippen LogP contribution in [0.25, 0.3) is 17.2 Å². The van der Waals surface area contributed by atoms with Crippen molar-refractivity contribution in [2.75, 3.05) is 12.3 Å². The zero-order chi connectivity index (χ0) is 23.4. The monoisotopic (exact) mass is 485 g/mol. The molecule has 9 nitrogen and oxygen atoms in total. The van der Waals surface area contributed by atoms with Gasteiger partial charge in [-0.05, 0) is 37.1 Å². The van der Waals surface area contributed by atoms with Crippen LogP contribution in [-0.4, -0.2) is 41.9 Å². The Morgan fingerprint density at radius 2 is 1.97 bits per heavy atom. The second kappa shape index (κ2) is 10.0. The Morgan fingerprint density at radius 1 is 1.18 bits per heavy atom. The number of fused-ring (bicyclic) bond motifs is 1. The number of nitrogens with two attached hydrogens (primary N) is 1. The van der Waals surface area contributed by atoms with Crippen LogP contribution in [-0.2, 0) is 22.6 Å². The van der Waals surface area contributed by atoms with Crippen LogP contribution >= 0.6 is 23.2 Å². The number of halogens is 2. The predicted molar refractivity (Wildman–Crippen MR) is 127 cm³/mol. The van der Waals surface area contributed by atoms with Crippen molar-refractivity contribution in [3.05, 3.63) is 70.0 Å². The van der Waals surface area contributed by atoms with Gasteiger partial charge in [-0.3, -0.25) is 0 Å². The van der Waals surface area contributed by atoms with Crippen molar-refractivity contribution in [3.8, 4) is 0 Å². The molecule has 1 aromatic carbocycles. The highest BCUT2D eigenvalue weighted by Crippen LogP contribution is 2.23. The lowest BCUT2D eigenvalue weighted by Gasteiger charge is -2.04. The van der Waals surface area contributed by atoms with Crippen molar-refractivity contribution in [3.63, 3.8) is 0 Å². The number of aryl methyl sites for hydroxylation is 2. The standard InChI is InChI=1S/C22H21Cl2N7O2/c1-14-17(20(24)31(29-14)11-15-3-5-16(23)6-4-15)7-8-18(32)33-10-2-9-30-13-28-19-21(25)26-12-27-22(19)30/h3-8,12-13H,2,9-11H2,1H3,(H2,25,26,27)/b8-7+. The van der Waals surface area contributed by atoms with Crippen LogP contribution in [0.15, 0.2) is 43.0 Å². The highest BCUT2D eigenvalue weighted by molar-refractivity contribution is 6.31. The van der Waals surface area contributed by atoms with Crippen LogP contribution in [0.2, 0.25) is 10.2 Å². The Hall–Kier alpha value is -3.43. The summed E-state index contributed by atoms with van der Waals surface area (Å²) >= 11 is 12.4. The van der Waals surface area contributed by atoms with E-state index < -0.39 is 5.97 Å².